The van der Waals surface area contributed by atoms with Crippen LogP contribution < -0.4 is 5.73 Å². The van der Waals surface area contributed by atoms with Crippen molar-refractivity contribution >= 4 is 44.2 Å². The van der Waals surface area contributed by atoms with Crippen LogP contribution in [0.15, 0.2) is 28.7 Å². The normalized spacial score (nSPS) is 14.4. The molecule has 1 aliphatic heterocycles. The van der Waals surface area contributed by atoms with Crippen LogP contribution in [0.5, 0.6) is 0 Å². The van der Waals surface area contributed by atoms with Crippen LogP contribution in [0.3, 0.4) is 0 Å². The maximum absolute atomic E-state index is 12.1. The van der Waals surface area contributed by atoms with Gasteiger partial charge in [0.05, 0.1) is 5.56 Å². The van der Waals surface area contributed by atoms with Crippen molar-refractivity contribution in [2.24, 2.45) is 0 Å². The second kappa shape index (κ2) is 3.55. The van der Waals surface area contributed by atoms with Gasteiger partial charge in [0.1, 0.15) is 0 Å². The molecule has 0 bridgehead atoms. The van der Waals surface area contributed by atoms with Gasteiger partial charge in [-0.2, -0.15) is 0 Å². The Hall–Kier alpha value is -1.88. The molecule has 0 radical (unpaired) electrons. The maximum atomic E-state index is 12.1. The molecule has 2 aromatic carbocycles. The lowest BCUT2D eigenvalue weighted by Gasteiger charge is -2.24. The largest absolute Gasteiger partial charge is 0.398 e. The van der Waals surface area contributed by atoms with E-state index < -0.39 is 0 Å². The minimum absolute atomic E-state index is 0.283. The lowest BCUT2D eigenvalue weighted by atomic mass is 9.94. The van der Waals surface area contributed by atoms with Gasteiger partial charge in [0.2, 0.25) is 0 Å². The van der Waals surface area contributed by atoms with Gasteiger partial charge in [-0.15, -0.1) is 0 Å². The molecule has 0 saturated heterocycles. The minimum atomic E-state index is -0.317. The van der Waals surface area contributed by atoms with Crippen molar-refractivity contribution in [2.75, 3.05) is 12.8 Å². The Morgan fingerprint density at radius 2 is 1.83 bits per heavy atom. The molecule has 4 nitrogen and oxygen atoms in total. The molecule has 2 amide bonds. The van der Waals surface area contributed by atoms with Crippen LogP contribution in [0, 0.1) is 0 Å². The lowest BCUT2D eigenvalue weighted by molar-refractivity contribution is 0.0651. The van der Waals surface area contributed by atoms with E-state index in [1.165, 1.54) is 7.05 Å². The highest BCUT2D eigenvalue weighted by Gasteiger charge is 2.31. The molecule has 0 saturated carbocycles. The summed E-state index contributed by atoms with van der Waals surface area (Å²) < 4.78 is 0.716. The minimum Gasteiger partial charge on any atom is -0.398 e. The summed E-state index contributed by atoms with van der Waals surface area (Å²) in [5.74, 6) is -0.599. The Morgan fingerprint density at radius 1 is 1.17 bits per heavy atom. The van der Waals surface area contributed by atoms with Crippen molar-refractivity contribution in [3.63, 3.8) is 0 Å². The molecular weight excluding hydrogens is 296 g/mol. The van der Waals surface area contributed by atoms with Gasteiger partial charge in [-0.1, -0.05) is 12.1 Å². The molecule has 3 rings (SSSR count). The third-order valence-corrected chi connectivity index (χ3v) is 4.08. The highest BCUT2D eigenvalue weighted by Crippen LogP contribution is 2.37. The monoisotopic (exact) mass is 304 g/mol. The van der Waals surface area contributed by atoms with Gasteiger partial charge in [-0.25, -0.2) is 0 Å². The third-order valence-electron chi connectivity index (χ3n) is 3.19. The second-order valence-electron chi connectivity index (χ2n) is 4.22. The number of carbonyl (C=O) groups is 2. The summed E-state index contributed by atoms with van der Waals surface area (Å²) >= 11 is 3.40. The molecule has 1 aliphatic rings. The van der Waals surface area contributed by atoms with E-state index in [4.69, 9.17) is 5.73 Å². The molecular formula is C13H9BrN2O2. The summed E-state index contributed by atoms with van der Waals surface area (Å²) in [6.07, 6.45) is 0. The van der Waals surface area contributed by atoms with E-state index in [-0.39, 0.29) is 11.8 Å². The first-order chi connectivity index (χ1) is 8.52. The Morgan fingerprint density at radius 3 is 2.56 bits per heavy atom. The topological polar surface area (TPSA) is 63.4 Å². The first-order valence-corrected chi connectivity index (χ1v) is 6.14. The molecule has 0 aromatic heterocycles. The predicted octanol–water partition coefficient (Wildman–Crippen LogP) is 2.41. The summed E-state index contributed by atoms with van der Waals surface area (Å²) in [6.45, 7) is 0. The number of nitrogen functional groups attached to an aromatic ring is 1. The number of imide groups is 1. The van der Waals surface area contributed by atoms with Gasteiger partial charge >= 0.3 is 0 Å². The number of rotatable bonds is 0. The molecule has 18 heavy (non-hydrogen) atoms. The second-order valence-corrected chi connectivity index (χ2v) is 5.02. The van der Waals surface area contributed by atoms with Crippen LogP contribution in [0.1, 0.15) is 20.7 Å². The molecule has 2 N–H and O–H groups in total. The van der Waals surface area contributed by atoms with Gasteiger partial charge in [-0.05, 0) is 33.4 Å². The van der Waals surface area contributed by atoms with E-state index in [0.29, 0.717) is 26.7 Å². The zero-order valence-corrected chi connectivity index (χ0v) is 11.1. The third kappa shape index (κ3) is 1.25. The number of carbonyl (C=O) groups excluding carboxylic acids is 2. The fourth-order valence-corrected chi connectivity index (χ4v) is 2.72. The summed E-state index contributed by atoms with van der Waals surface area (Å²) in [7, 11) is 1.48. The molecule has 1 heterocycles. The Balaban J connectivity index is 2.57. The van der Waals surface area contributed by atoms with Crippen LogP contribution in [0.4, 0.5) is 5.69 Å². The highest BCUT2D eigenvalue weighted by molar-refractivity contribution is 9.10. The number of anilines is 1. The molecule has 0 spiro atoms. The van der Waals surface area contributed by atoms with Crippen molar-refractivity contribution in [3.05, 3.63) is 39.9 Å². The van der Waals surface area contributed by atoms with E-state index in [9.17, 15) is 9.59 Å². The molecule has 0 aliphatic carbocycles. The number of hydrogen-bond donors (Lipinski definition) is 1. The molecule has 90 valence electrons. The van der Waals surface area contributed by atoms with Crippen molar-refractivity contribution in [1.29, 1.82) is 0 Å². The molecule has 0 atom stereocenters. The van der Waals surface area contributed by atoms with E-state index in [1.807, 2.05) is 6.07 Å². The number of benzene rings is 2. The van der Waals surface area contributed by atoms with Gasteiger partial charge in [-0.3, -0.25) is 14.5 Å². The standard InChI is InChI=1S/C13H9BrN2O2/c1-16-12(17)7-4-2-3-6-10(7)8(13(16)18)5-9(15)11(6)14/h2-5H,15H2,1H3. The van der Waals surface area contributed by atoms with Crippen molar-refractivity contribution in [3.8, 4) is 0 Å². The van der Waals surface area contributed by atoms with Gasteiger partial charge in [0.15, 0.2) is 0 Å². The molecule has 0 unspecified atom stereocenters. The van der Waals surface area contributed by atoms with Gasteiger partial charge in [0.25, 0.3) is 11.8 Å². The summed E-state index contributed by atoms with van der Waals surface area (Å²) in [6, 6.07) is 6.96. The van der Waals surface area contributed by atoms with Gasteiger partial charge < -0.3 is 5.73 Å². The van der Waals surface area contributed by atoms with E-state index in [0.717, 1.165) is 10.3 Å². The zero-order valence-electron chi connectivity index (χ0n) is 9.53. The van der Waals surface area contributed by atoms with E-state index in [2.05, 4.69) is 15.9 Å². The summed E-state index contributed by atoms with van der Waals surface area (Å²) in [5, 5.41) is 1.46. The van der Waals surface area contributed by atoms with Crippen LogP contribution in [-0.4, -0.2) is 23.8 Å². The van der Waals surface area contributed by atoms with Gasteiger partial charge in [0, 0.05) is 28.2 Å². The number of nitrogens with zero attached hydrogens (tertiary/aromatic N) is 1. The number of nitrogens with two attached hydrogens (primary N) is 1. The predicted molar refractivity (Wildman–Crippen MR) is 72.5 cm³/mol. The fourth-order valence-electron chi connectivity index (χ4n) is 2.27. The molecule has 5 heteroatoms. The van der Waals surface area contributed by atoms with Crippen molar-refractivity contribution < 1.29 is 9.59 Å². The lowest BCUT2D eigenvalue weighted by Crippen LogP contribution is -2.37. The molecule has 0 fully saturated rings. The Labute approximate surface area is 111 Å². The summed E-state index contributed by atoms with van der Waals surface area (Å²) in [5.41, 5.74) is 7.38. The zero-order chi connectivity index (χ0) is 13.0. The maximum Gasteiger partial charge on any atom is 0.261 e. The first-order valence-electron chi connectivity index (χ1n) is 5.35. The van der Waals surface area contributed by atoms with Crippen molar-refractivity contribution in [2.45, 2.75) is 0 Å². The Bertz CT molecular complexity index is 724. The number of amides is 2. The fraction of sp³-hybridized carbons (Fsp3) is 0.0769. The van der Waals surface area contributed by atoms with Crippen LogP contribution in [0.25, 0.3) is 10.8 Å². The molecule has 2 aromatic rings. The Kier molecular flexibility index (Phi) is 2.22. The average Bonchev–Trinajstić information content (AvgIpc) is 2.38. The number of halogens is 1. The van der Waals surface area contributed by atoms with E-state index >= 15 is 0 Å². The number of hydrogen-bond acceptors (Lipinski definition) is 3. The smallest absolute Gasteiger partial charge is 0.261 e. The van der Waals surface area contributed by atoms with Crippen LogP contribution in [0.2, 0.25) is 0 Å². The van der Waals surface area contributed by atoms with E-state index in [1.54, 1.807) is 18.2 Å². The highest BCUT2D eigenvalue weighted by atomic mass is 79.9. The van der Waals surface area contributed by atoms with Crippen LogP contribution in [-0.2, 0) is 0 Å². The SMILES string of the molecule is CN1C(=O)c2cccc3c(Br)c(N)cc(c23)C1=O. The van der Waals surface area contributed by atoms with Crippen molar-refractivity contribution in [1.82, 2.24) is 4.90 Å². The summed E-state index contributed by atoms with van der Waals surface area (Å²) in [4.78, 5) is 25.3. The average molecular weight is 305 g/mol. The first kappa shape index (κ1) is 11.2. The quantitative estimate of drug-likeness (QED) is 0.600. The van der Waals surface area contributed by atoms with Crippen LogP contribution >= 0.6 is 15.9 Å².